The summed E-state index contributed by atoms with van der Waals surface area (Å²) in [6.45, 7) is 2.06. The maximum absolute atomic E-state index is 5.97. The standard InChI is InChI=1S/C14H15NO/c1-10-6-7-14(15)13(8-10)11-4-3-5-12(9-11)16-2/h3-9H,15H2,1-2H3. The molecule has 2 N–H and O–H groups in total. The molecule has 2 heteroatoms. The van der Waals surface area contributed by atoms with Gasteiger partial charge in [-0.25, -0.2) is 0 Å². The van der Waals surface area contributed by atoms with E-state index in [-0.39, 0.29) is 0 Å². The minimum Gasteiger partial charge on any atom is -0.497 e. The van der Waals surface area contributed by atoms with Gasteiger partial charge in [0.15, 0.2) is 0 Å². The van der Waals surface area contributed by atoms with Crippen LogP contribution in [0.3, 0.4) is 0 Å². The molecule has 82 valence electrons. The van der Waals surface area contributed by atoms with E-state index < -0.39 is 0 Å². The van der Waals surface area contributed by atoms with E-state index in [2.05, 4.69) is 13.0 Å². The first-order valence-electron chi connectivity index (χ1n) is 5.21. The minimum atomic E-state index is 0.791. The van der Waals surface area contributed by atoms with E-state index in [1.54, 1.807) is 7.11 Å². The van der Waals surface area contributed by atoms with Crippen molar-refractivity contribution in [3.8, 4) is 16.9 Å². The highest BCUT2D eigenvalue weighted by Crippen LogP contribution is 2.29. The quantitative estimate of drug-likeness (QED) is 0.777. The fraction of sp³-hybridized carbons (Fsp3) is 0.143. The number of ether oxygens (including phenoxy) is 1. The Balaban J connectivity index is 2.53. The SMILES string of the molecule is COc1cccc(-c2cc(C)ccc2N)c1. The lowest BCUT2D eigenvalue weighted by atomic mass is 10.0. The maximum atomic E-state index is 5.97. The molecule has 0 aliphatic heterocycles. The van der Waals surface area contributed by atoms with Gasteiger partial charge >= 0.3 is 0 Å². The fourth-order valence-corrected chi connectivity index (χ4v) is 1.71. The van der Waals surface area contributed by atoms with Crippen LogP contribution in [0.5, 0.6) is 5.75 Å². The van der Waals surface area contributed by atoms with E-state index in [9.17, 15) is 0 Å². The number of anilines is 1. The van der Waals surface area contributed by atoms with Gasteiger partial charge in [-0.2, -0.15) is 0 Å². The van der Waals surface area contributed by atoms with E-state index in [0.717, 1.165) is 22.6 Å². The first kappa shape index (κ1) is 10.6. The van der Waals surface area contributed by atoms with Crippen molar-refractivity contribution in [3.63, 3.8) is 0 Å². The Bertz CT molecular complexity index is 506. The summed E-state index contributed by atoms with van der Waals surface area (Å²) in [5.74, 6) is 0.846. The highest BCUT2D eigenvalue weighted by atomic mass is 16.5. The summed E-state index contributed by atoms with van der Waals surface area (Å²) in [6, 6.07) is 14.0. The molecule has 0 heterocycles. The zero-order valence-electron chi connectivity index (χ0n) is 9.53. The Morgan fingerprint density at radius 2 is 1.88 bits per heavy atom. The number of hydrogen-bond acceptors (Lipinski definition) is 2. The van der Waals surface area contributed by atoms with Crippen LogP contribution >= 0.6 is 0 Å². The number of hydrogen-bond donors (Lipinski definition) is 1. The molecule has 2 aromatic rings. The van der Waals surface area contributed by atoms with Crippen LogP contribution in [-0.2, 0) is 0 Å². The molecular weight excluding hydrogens is 198 g/mol. The number of rotatable bonds is 2. The van der Waals surface area contributed by atoms with Crippen LogP contribution in [0.15, 0.2) is 42.5 Å². The van der Waals surface area contributed by atoms with Crippen molar-refractivity contribution in [1.82, 2.24) is 0 Å². The molecular formula is C14H15NO. The van der Waals surface area contributed by atoms with Gasteiger partial charge in [0, 0.05) is 11.3 Å². The summed E-state index contributed by atoms with van der Waals surface area (Å²) in [6.07, 6.45) is 0. The van der Waals surface area contributed by atoms with Crippen molar-refractivity contribution in [1.29, 1.82) is 0 Å². The summed E-state index contributed by atoms with van der Waals surface area (Å²) < 4.78 is 5.21. The van der Waals surface area contributed by atoms with E-state index >= 15 is 0 Å². The molecule has 2 rings (SSSR count). The van der Waals surface area contributed by atoms with Gasteiger partial charge in [0.2, 0.25) is 0 Å². The summed E-state index contributed by atoms with van der Waals surface area (Å²) in [5.41, 5.74) is 10.1. The van der Waals surface area contributed by atoms with Crippen LogP contribution in [0, 0.1) is 6.92 Å². The molecule has 16 heavy (non-hydrogen) atoms. The maximum Gasteiger partial charge on any atom is 0.119 e. The second-order valence-corrected chi connectivity index (χ2v) is 3.82. The second-order valence-electron chi connectivity index (χ2n) is 3.82. The lowest BCUT2D eigenvalue weighted by molar-refractivity contribution is 0.415. The van der Waals surface area contributed by atoms with Crippen LogP contribution in [0.25, 0.3) is 11.1 Å². The molecule has 0 amide bonds. The highest BCUT2D eigenvalue weighted by molar-refractivity contribution is 5.77. The molecule has 0 unspecified atom stereocenters. The zero-order valence-corrected chi connectivity index (χ0v) is 9.53. The summed E-state index contributed by atoms with van der Waals surface area (Å²) >= 11 is 0. The van der Waals surface area contributed by atoms with Crippen molar-refractivity contribution in [2.75, 3.05) is 12.8 Å². The Kier molecular flexibility index (Phi) is 2.82. The van der Waals surface area contributed by atoms with Crippen molar-refractivity contribution in [2.24, 2.45) is 0 Å². The number of aryl methyl sites for hydroxylation is 1. The van der Waals surface area contributed by atoms with Gasteiger partial charge in [0.05, 0.1) is 7.11 Å². The number of benzene rings is 2. The third-order valence-corrected chi connectivity index (χ3v) is 2.59. The van der Waals surface area contributed by atoms with E-state index in [4.69, 9.17) is 10.5 Å². The van der Waals surface area contributed by atoms with Gasteiger partial charge in [-0.3, -0.25) is 0 Å². The minimum absolute atomic E-state index is 0.791. The smallest absolute Gasteiger partial charge is 0.119 e. The Labute approximate surface area is 95.7 Å². The molecule has 0 aliphatic carbocycles. The summed E-state index contributed by atoms with van der Waals surface area (Å²) in [7, 11) is 1.67. The van der Waals surface area contributed by atoms with E-state index in [1.165, 1.54) is 5.56 Å². The highest BCUT2D eigenvalue weighted by Gasteiger charge is 2.03. The first-order chi connectivity index (χ1) is 7.70. The van der Waals surface area contributed by atoms with Crippen molar-refractivity contribution < 1.29 is 4.74 Å². The van der Waals surface area contributed by atoms with Gasteiger partial charge in [0.25, 0.3) is 0 Å². The first-order valence-corrected chi connectivity index (χ1v) is 5.21. The van der Waals surface area contributed by atoms with Gasteiger partial charge in [0.1, 0.15) is 5.75 Å². The average molecular weight is 213 g/mol. The molecule has 0 saturated heterocycles. The third kappa shape index (κ3) is 2.01. The Hall–Kier alpha value is -1.96. The second kappa shape index (κ2) is 4.27. The lowest BCUT2D eigenvalue weighted by Crippen LogP contribution is -1.91. The predicted octanol–water partition coefficient (Wildman–Crippen LogP) is 3.25. The van der Waals surface area contributed by atoms with E-state index in [0.29, 0.717) is 0 Å². The van der Waals surface area contributed by atoms with Gasteiger partial charge in [-0.15, -0.1) is 0 Å². The normalized spacial score (nSPS) is 10.1. The molecule has 2 aromatic carbocycles. The third-order valence-electron chi connectivity index (χ3n) is 2.59. The zero-order chi connectivity index (χ0) is 11.5. The molecule has 0 spiro atoms. The predicted molar refractivity (Wildman–Crippen MR) is 67.6 cm³/mol. The van der Waals surface area contributed by atoms with Crippen molar-refractivity contribution in [2.45, 2.75) is 6.92 Å². The van der Waals surface area contributed by atoms with Crippen molar-refractivity contribution in [3.05, 3.63) is 48.0 Å². The molecule has 0 radical (unpaired) electrons. The average Bonchev–Trinajstić information content (AvgIpc) is 2.32. The van der Waals surface area contributed by atoms with E-state index in [1.807, 2.05) is 36.4 Å². The molecule has 0 aliphatic rings. The number of methoxy groups -OCH3 is 1. The van der Waals surface area contributed by atoms with Crippen molar-refractivity contribution >= 4 is 5.69 Å². The fourth-order valence-electron chi connectivity index (χ4n) is 1.71. The topological polar surface area (TPSA) is 35.2 Å². The molecule has 0 bridgehead atoms. The van der Waals surface area contributed by atoms with Gasteiger partial charge in [-0.05, 0) is 36.8 Å². The largest absolute Gasteiger partial charge is 0.497 e. The molecule has 0 atom stereocenters. The lowest BCUT2D eigenvalue weighted by Gasteiger charge is -2.08. The molecule has 0 aromatic heterocycles. The summed E-state index contributed by atoms with van der Waals surface area (Å²) in [5, 5.41) is 0. The van der Waals surface area contributed by atoms with Gasteiger partial charge in [-0.1, -0.05) is 23.8 Å². The molecule has 0 fully saturated rings. The van der Waals surface area contributed by atoms with Crippen LogP contribution in [0.1, 0.15) is 5.56 Å². The Morgan fingerprint density at radius 1 is 1.06 bits per heavy atom. The monoisotopic (exact) mass is 213 g/mol. The molecule has 0 saturated carbocycles. The Morgan fingerprint density at radius 3 is 2.62 bits per heavy atom. The number of nitrogen functional groups attached to an aromatic ring is 1. The number of nitrogens with two attached hydrogens (primary N) is 1. The van der Waals surface area contributed by atoms with Crippen LogP contribution in [0.4, 0.5) is 5.69 Å². The van der Waals surface area contributed by atoms with Crippen LogP contribution < -0.4 is 10.5 Å². The summed E-state index contributed by atoms with van der Waals surface area (Å²) in [4.78, 5) is 0. The van der Waals surface area contributed by atoms with Crippen LogP contribution in [-0.4, -0.2) is 7.11 Å². The van der Waals surface area contributed by atoms with Gasteiger partial charge < -0.3 is 10.5 Å². The van der Waals surface area contributed by atoms with Crippen LogP contribution in [0.2, 0.25) is 0 Å². The molecule has 2 nitrogen and oxygen atoms in total.